The molecule has 0 aliphatic rings. The van der Waals surface area contributed by atoms with Crippen molar-refractivity contribution < 1.29 is 29.1 Å². The van der Waals surface area contributed by atoms with Crippen LogP contribution in [0.5, 0.6) is 0 Å². The third kappa shape index (κ3) is 10.0. The summed E-state index contributed by atoms with van der Waals surface area (Å²) in [6, 6.07) is 4.86. The zero-order valence-corrected chi connectivity index (χ0v) is 21.3. The number of amides is 4. The van der Waals surface area contributed by atoms with Crippen molar-refractivity contribution in [3.05, 3.63) is 35.9 Å². The van der Waals surface area contributed by atoms with Gasteiger partial charge in [0.25, 0.3) is 0 Å². The lowest BCUT2D eigenvalue weighted by molar-refractivity contribution is -0.144. The fourth-order valence-corrected chi connectivity index (χ4v) is 3.51. The van der Waals surface area contributed by atoms with E-state index in [1.807, 2.05) is 30.3 Å². The Hall–Kier alpha value is -3.47. The minimum atomic E-state index is -1.23. The molecule has 11 nitrogen and oxygen atoms in total. The van der Waals surface area contributed by atoms with Gasteiger partial charge in [0.2, 0.25) is 23.6 Å². The molecule has 0 spiro atoms. The summed E-state index contributed by atoms with van der Waals surface area (Å²) >= 11 is 0. The second-order valence-corrected chi connectivity index (χ2v) is 9.30. The van der Waals surface area contributed by atoms with E-state index in [1.165, 1.54) is 0 Å². The maximum atomic E-state index is 13.1. The highest BCUT2D eigenvalue weighted by Crippen LogP contribution is 2.10. The number of carbonyl (C=O) groups excluding carboxylic acids is 4. The monoisotopic (exact) mass is 505 g/mol. The predicted octanol–water partition coefficient (Wildman–Crippen LogP) is 0.0630. The Morgan fingerprint density at radius 2 is 1.47 bits per heavy atom. The summed E-state index contributed by atoms with van der Waals surface area (Å²) in [6.07, 6.45) is 0.432. The van der Waals surface area contributed by atoms with Crippen molar-refractivity contribution in [1.29, 1.82) is 0 Å². The fourth-order valence-electron chi connectivity index (χ4n) is 3.51. The van der Waals surface area contributed by atoms with E-state index < -0.39 is 53.8 Å². The summed E-state index contributed by atoms with van der Waals surface area (Å²) in [6.45, 7) is 6.90. The van der Waals surface area contributed by atoms with Crippen LogP contribution in [0.3, 0.4) is 0 Å². The molecule has 0 aliphatic carbocycles. The molecular weight excluding hydrogens is 466 g/mol. The molecule has 1 aromatic carbocycles. The fraction of sp³-hybridized carbons (Fsp3) is 0.560. The lowest BCUT2D eigenvalue weighted by Gasteiger charge is -2.27. The average molecular weight is 506 g/mol. The van der Waals surface area contributed by atoms with E-state index in [2.05, 4.69) is 16.0 Å². The van der Waals surface area contributed by atoms with Crippen molar-refractivity contribution in [2.45, 2.75) is 77.5 Å². The van der Waals surface area contributed by atoms with Crippen LogP contribution in [0.1, 0.15) is 52.5 Å². The van der Waals surface area contributed by atoms with Crippen LogP contribution in [0, 0.1) is 11.8 Å². The third-order valence-corrected chi connectivity index (χ3v) is 5.97. The van der Waals surface area contributed by atoms with Crippen molar-refractivity contribution in [1.82, 2.24) is 16.0 Å². The summed E-state index contributed by atoms with van der Waals surface area (Å²) in [5, 5.41) is 17.1. The lowest BCUT2D eigenvalue weighted by Crippen LogP contribution is -2.59. The zero-order valence-electron chi connectivity index (χ0n) is 21.3. The number of hydrogen-bond acceptors (Lipinski definition) is 6. The molecule has 0 bridgehead atoms. The highest BCUT2D eigenvalue weighted by molar-refractivity contribution is 5.94. The molecule has 5 atom stereocenters. The standard InChI is InChI=1S/C25H39N5O6/c1-5-15(4)21(25(35)36)30-23(33)18(11-12-19(27)31)28-24(34)20(14(2)3)29-22(32)17(26)13-16-9-7-6-8-10-16/h6-10,14-15,17-18,20-21H,5,11-13,26H2,1-4H3,(H2,27,31)(H,28,34)(H,29,32)(H,30,33)(H,35,36). The molecule has 0 aromatic heterocycles. The van der Waals surface area contributed by atoms with E-state index >= 15 is 0 Å². The van der Waals surface area contributed by atoms with E-state index in [-0.39, 0.29) is 31.1 Å². The van der Waals surface area contributed by atoms with Crippen LogP contribution in [0.4, 0.5) is 0 Å². The van der Waals surface area contributed by atoms with Crippen molar-refractivity contribution in [2.24, 2.45) is 23.3 Å². The molecule has 0 saturated carbocycles. The highest BCUT2D eigenvalue weighted by atomic mass is 16.4. The molecule has 0 fully saturated rings. The molecule has 8 N–H and O–H groups in total. The van der Waals surface area contributed by atoms with E-state index in [0.29, 0.717) is 6.42 Å². The van der Waals surface area contributed by atoms with Crippen molar-refractivity contribution in [2.75, 3.05) is 0 Å². The maximum Gasteiger partial charge on any atom is 0.326 e. The number of carboxylic acids is 1. The Morgan fingerprint density at radius 1 is 0.889 bits per heavy atom. The van der Waals surface area contributed by atoms with Gasteiger partial charge in [-0.15, -0.1) is 0 Å². The first-order valence-electron chi connectivity index (χ1n) is 12.1. The van der Waals surface area contributed by atoms with Crippen molar-refractivity contribution >= 4 is 29.6 Å². The van der Waals surface area contributed by atoms with Gasteiger partial charge >= 0.3 is 5.97 Å². The Kier molecular flexibility index (Phi) is 12.6. The van der Waals surface area contributed by atoms with Crippen LogP contribution < -0.4 is 27.4 Å². The minimum absolute atomic E-state index is 0.133. The number of primary amides is 1. The number of hydrogen-bond donors (Lipinski definition) is 6. The third-order valence-electron chi connectivity index (χ3n) is 5.97. The molecule has 0 radical (unpaired) electrons. The van der Waals surface area contributed by atoms with Crippen LogP contribution in [0.15, 0.2) is 30.3 Å². The van der Waals surface area contributed by atoms with Crippen molar-refractivity contribution in [3.8, 4) is 0 Å². The predicted molar refractivity (Wildman–Crippen MR) is 134 cm³/mol. The SMILES string of the molecule is CCC(C)C(NC(=O)C(CCC(N)=O)NC(=O)C(NC(=O)C(N)Cc1ccccc1)C(C)C)C(=O)O. The van der Waals surface area contributed by atoms with Gasteiger partial charge in [-0.25, -0.2) is 4.79 Å². The Balaban J connectivity index is 2.97. The van der Waals surface area contributed by atoms with E-state index in [4.69, 9.17) is 11.5 Å². The van der Waals surface area contributed by atoms with E-state index in [0.717, 1.165) is 5.56 Å². The van der Waals surface area contributed by atoms with Crippen LogP contribution in [0.25, 0.3) is 0 Å². The average Bonchev–Trinajstić information content (AvgIpc) is 2.82. The molecule has 1 aromatic rings. The summed E-state index contributed by atoms with van der Waals surface area (Å²) < 4.78 is 0. The van der Waals surface area contributed by atoms with Gasteiger partial charge in [-0.2, -0.15) is 0 Å². The first-order valence-corrected chi connectivity index (χ1v) is 12.1. The van der Waals surface area contributed by atoms with Gasteiger partial charge < -0.3 is 32.5 Å². The number of carboxylic acid groups (broad SMARTS) is 1. The van der Waals surface area contributed by atoms with Gasteiger partial charge in [-0.3, -0.25) is 19.2 Å². The molecule has 200 valence electrons. The summed E-state index contributed by atoms with van der Waals surface area (Å²) in [7, 11) is 0. The van der Waals surface area contributed by atoms with Gasteiger partial charge in [0.15, 0.2) is 0 Å². The van der Waals surface area contributed by atoms with Gasteiger partial charge in [0, 0.05) is 6.42 Å². The second-order valence-electron chi connectivity index (χ2n) is 9.30. The van der Waals surface area contributed by atoms with Crippen LogP contribution in [0.2, 0.25) is 0 Å². The summed E-state index contributed by atoms with van der Waals surface area (Å²) in [4.78, 5) is 61.6. The number of carbonyl (C=O) groups is 5. The molecular formula is C25H39N5O6. The number of aliphatic carboxylic acids is 1. The molecule has 0 aliphatic heterocycles. The minimum Gasteiger partial charge on any atom is -0.480 e. The summed E-state index contributed by atoms with van der Waals surface area (Å²) in [5.74, 6) is -4.57. The van der Waals surface area contributed by atoms with E-state index in [9.17, 15) is 29.1 Å². The molecule has 5 unspecified atom stereocenters. The molecule has 0 heterocycles. The lowest BCUT2D eigenvalue weighted by atomic mass is 9.98. The molecule has 0 saturated heterocycles. The van der Waals surface area contributed by atoms with Crippen LogP contribution in [-0.2, 0) is 30.4 Å². The zero-order chi connectivity index (χ0) is 27.4. The second kappa shape index (κ2) is 14.8. The van der Waals surface area contributed by atoms with Gasteiger partial charge in [0.1, 0.15) is 18.1 Å². The Morgan fingerprint density at radius 3 is 1.97 bits per heavy atom. The highest BCUT2D eigenvalue weighted by Gasteiger charge is 2.33. The van der Waals surface area contributed by atoms with Crippen molar-refractivity contribution in [3.63, 3.8) is 0 Å². The first-order chi connectivity index (χ1) is 16.9. The molecule has 11 heteroatoms. The largest absolute Gasteiger partial charge is 0.480 e. The quantitative estimate of drug-likeness (QED) is 0.194. The van der Waals surface area contributed by atoms with E-state index in [1.54, 1.807) is 27.7 Å². The number of rotatable bonds is 15. The smallest absolute Gasteiger partial charge is 0.326 e. The normalized spacial score (nSPS) is 15.2. The van der Waals surface area contributed by atoms with Gasteiger partial charge in [-0.1, -0.05) is 64.4 Å². The Bertz CT molecular complexity index is 907. The van der Waals surface area contributed by atoms with Gasteiger partial charge in [-0.05, 0) is 30.2 Å². The first kappa shape index (κ1) is 30.6. The number of nitrogens with two attached hydrogens (primary N) is 2. The number of nitrogens with one attached hydrogen (secondary N) is 3. The Labute approximate surface area is 211 Å². The number of benzene rings is 1. The van der Waals surface area contributed by atoms with Crippen LogP contribution in [-0.4, -0.2) is 58.9 Å². The molecule has 4 amide bonds. The van der Waals surface area contributed by atoms with Crippen LogP contribution >= 0.6 is 0 Å². The molecule has 1 rings (SSSR count). The topological polar surface area (TPSA) is 194 Å². The maximum absolute atomic E-state index is 13.1. The summed E-state index contributed by atoms with van der Waals surface area (Å²) in [5.41, 5.74) is 12.1. The van der Waals surface area contributed by atoms with Gasteiger partial charge in [0.05, 0.1) is 6.04 Å². The molecule has 36 heavy (non-hydrogen) atoms.